The maximum atomic E-state index is 8.97. The molecule has 0 fully saturated rings. The van der Waals surface area contributed by atoms with Crippen molar-refractivity contribution in [2.24, 2.45) is 0 Å². The summed E-state index contributed by atoms with van der Waals surface area (Å²) in [7, 11) is 0. The summed E-state index contributed by atoms with van der Waals surface area (Å²) >= 11 is 5.91. The molecule has 0 aliphatic carbocycles. The molecule has 0 saturated heterocycles. The zero-order valence-electron chi connectivity index (χ0n) is 9.93. The van der Waals surface area contributed by atoms with Crippen LogP contribution in [0, 0.1) is 22.7 Å². The van der Waals surface area contributed by atoms with E-state index in [4.69, 9.17) is 26.9 Å². The Balaban J connectivity index is 2.13. The van der Waals surface area contributed by atoms with Gasteiger partial charge in [0.15, 0.2) is 0 Å². The molecule has 2 aromatic rings. The first kappa shape index (κ1) is 13.0. The minimum Gasteiger partial charge on any atom is -0.489 e. The number of benzene rings is 2. The van der Waals surface area contributed by atoms with Crippen molar-refractivity contribution < 1.29 is 4.74 Å². The molecule has 0 bridgehead atoms. The average Bonchev–Trinajstić information content (AvgIpc) is 2.45. The fourth-order valence-electron chi connectivity index (χ4n) is 1.59. The fourth-order valence-corrected chi connectivity index (χ4v) is 1.81. The summed E-state index contributed by atoms with van der Waals surface area (Å²) in [6.07, 6.45) is 0. The molecule has 0 aliphatic rings. The number of halogens is 1. The Morgan fingerprint density at radius 3 is 2.42 bits per heavy atom. The summed E-state index contributed by atoms with van der Waals surface area (Å²) in [4.78, 5) is 0. The van der Waals surface area contributed by atoms with E-state index in [0.29, 0.717) is 21.9 Å². The lowest BCUT2D eigenvalue weighted by Crippen LogP contribution is -1.98. The van der Waals surface area contributed by atoms with Gasteiger partial charge < -0.3 is 4.74 Å². The van der Waals surface area contributed by atoms with E-state index in [1.54, 1.807) is 30.3 Å². The van der Waals surface area contributed by atoms with Gasteiger partial charge >= 0.3 is 0 Å². The fraction of sp³-hybridized carbons (Fsp3) is 0.0667. The molecule has 0 amide bonds. The molecule has 0 N–H and O–H groups in total. The Labute approximate surface area is 116 Å². The zero-order chi connectivity index (χ0) is 13.7. The molecule has 0 radical (unpaired) electrons. The molecule has 2 aromatic carbocycles. The lowest BCUT2D eigenvalue weighted by Gasteiger charge is -2.08. The van der Waals surface area contributed by atoms with Gasteiger partial charge in [0.05, 0.1) is 22.2 Å². The Morgan fingerprint density at radius 1 is 1.00 bits per heavy atom. The maximum Gasteiger partial charge on any atom is 0.121 e. The van der Waals surface area contributed by atoms with E-state index >= 15 is 0 Å². The average molecular weight is 269 g/mol. The van der Waals surface area contributed by atoms with Crippen LogP contribution in [-0.2, 0) is 6.61 Å². The number of hydrogen-bond donors (Lipinski definition) is 0. The third-order valence-electron chi connectivity index (χ3n) is 2.59. The van der Waals surface area contributed by atoms with E-state index in [1.165, 1.54) is 0 Å². The number of ether oxygens (including phenoxy) is 1. The lowest BCUT2D eigenvalue weighted by molar-refractivity contribution is 0.306. The molecule has 0 aromatic heterocycles. The number of nitriles is 2. The van der Waals surface area contributed by atoms with Crippen molar-refractivity contribution in [1.29, 1.82) is 10.5 Å². The molecule has 92 valence electrons. The minimum absolute atomic E-state index is 0.284. The van der Waals surface area contributed by atoms with Gasteiger partial charge in [-0.3, -0.25) is 0 Å². The van der Waals surface area contributed by atoms with Crippen LogP contribution in [0.3, 0.4) is 0 Å². The van der Waals surface area contributed by atoms with Crippen molar-refractivity contribution in [3.63, 3.8) is 0 Å². The van der Waals surface area contributed by atoms with Crippen molar-refractivity contribution in [3.05, 3.63) is 64.2 Å². The summed E-state index contributed by atoms with van der Waals surface area (Å²) < 4.78 is 5.57. The Kier molecular flexibility index (Phi) is 4.03. The zero-order valence-corrected chi connectivity index (χ0v) is 10.7. The van der Waals surface area contributed by atoms with Crippen molar-refractivity contribution >= 4 is 11.6 Å². The molecule has 2 rings (SSSR count). The highest BCUT2D eigenvalue weighted by molar-refractivity contribution is 6.31. The summed E-state index contributed by atoms with van der Waals surface area (Å²) in [5.74, 6) is 0.566. The van der Waals surface area contributed by atoms with Crippen molar-refractivity contribution in [2.75, 3.05) is 0 Å². The highest BCUT2D eigenvalue weighted by atomic mass is 35.5. The third kappa shape index (κ3) is 3.04. The molecular formula is C15H9ClN2O. The van der Waals surface area contributed by atoms with Gasteiger partial charge in [0.1, 0.15) is 18.4 Å². The SMILES string of the molecule is N#Cc1ccc(OCc2ccccc2C#N)cc1Cl. The largest absolute Gasteiger partial charge is 0.489 e. The van der Waals surface area contributed by atoms with Crippen molar-refractivity contribution in [2.45, 2.75) is 6.61 Å². The smallest absolute Gasteiger partial charge is 0.121 e. The molecule has 0 spiro atoms. The van der Waals surface area contributed by atoms with Crippen molar-refractivity contribution in [1.82, 2.24) is 0 Å². The van der Waals surface area contributed by atoms with Crippen LogP contribution in [0.2, 0.25) is 5.02 Å². The summed E-state index contributed by atoms with van der Waals surface area (Å²) in [6, 6.07) is 16.2. The van der Waals surface area contributed by atoms with E-state index < -0.39 is 0 Å². The second-order valence-corrected chi connectivity index (χ2v) is 4.22. The van der Waals surface area contributed by atoms with Crippen LogP contribution in [0.1, 0.15) is 16.7 Å². The first-order valence-corrected chi connectivity index (χ1v) is 5.93. The number of nitrogens with zero attached hydrogens (tertiary/aromatic N) is 2. The number of hydrogen-bond acceptors (Lipinski definition) is 3. The molecule has 19 heavy (non-hydrogen) atoms. The Bertz CT molecular complexity index is 683. The van der Waals surface area contributed by atoms with Gasteiger partial charge in [0.25, 0.3) is 0 Å². The van der Waals surface area contributed by atoms with E-state index in [0.717, 1.165) is 5.56 Å². The second kappa shape index (κ2) is 5.91. The van der Waals surface area contributed by atoms with Crippen LogP contribution >= 0.6 is 11.6 Å². The minimum atomic E-state index is 0.284. The van der Waals surface area contributed by atoms with E-state index in [-0.39, 0.29) is 6.61 Å². The topological polar surface area (TPSA) is 56.8 Å². The molecule has 4 heteroatoms. The summed E-state index contributed by atoms with van der Waals surface area (Å²) in [6.45, 7) is 0.284. The van der Waals surface area contributed by atoms with E-state index in [2.05, 4.69) is 6.07 Å². The highest BCUT2D eigenvalue weighted by Gasteiger charge is 2.04. The molecular weight excluding hydrogens is 260 g/mol. The Morgan fingerprint density at radius 2 is 1.74 bits per heavy atom. The highest BCUT2D eigenvalue weighted by Crippen LogP contribution is 2.23. The molecule has 3 nitrogen and oxygen atoms in total. The van der Waals surface area contributed by atoms with E-state index in [1.807, 2.05) is 18.2 Å². The van der Waals surface area contributed by atoms with Crippen LogP contribution in [0.4, 0.5) is 0 Å². The summed E-state index contributed by atoms with van der Waals surface area (Å²) in [5.41, 5.74) is 1.80. The second-order valence-electron chi connectivity index (χ2n) is 3.81. The standard InChI is InChI=1S/C15H9ClN2O/c16-15-7-14(6-5-12(15)9-18)19-10-13-4-2-1-3-11(13)8-17/h1-7H,10H2. The van der Waals surface area contributed by atoms with Gasteiger partial charge in [0.2, 0.25) is 0 Å². The maximum absolute atomic E-state index is 8.97. The van der Waals surface area contributed by atoms with Crippen LogP contribution in [0.15, 0.2) is 42.5 Å². The molecule has 0 atom stereocenters. The van der Waals surface area contributed by atoms with Gasteiger partial charge in [-0.05, 0) is 18.2 Å². The van der Waals surface area contributed by atoms with Gasteiger partial charge in [0, 0.05) is 11.6 Å². The van der Waals surface area contributed by atoms with Crippen LogP contribution in [0.5, 0.6) is 5.75 Å². The van der Waals surface area contributed by atoms with Gasteiger partial charge in [-0.2, -0.15) is 10.5 Å². The van der Waals surface area contributed by atoms with Gasteiger partial charge in [-0.15, -0.1) is 0 Å². The van der Waals surface area contributed by atoms with Gasteiger partial charge in [-0.25, -0.2) is 0 Å². The predicted molar refractivity (Wildman–Crippen MR) is 71.7 cm³/mol. The summed E-state index contributed by atoms with van der Waals surface area (Å²) in [5, 5.41) is 18.1. The monoisotopic (exact) mass is 268 g/mol. The lowest BCUT2D eigenvalue weighted by atomic mass is 10.1. The van der Waals surface area contributed by atoms with Gasteiger partial charge in [-0.1, -0.05) is 29.8 Å². The molecule has 0 unspecified atom stereocenters. The predicted octanol–water partition coefficient (Wildman–Crippen LogP) is 3.66. The number of rotatable bonds is 3. The molecule has 0 saturated carbocycles. The van der Waals surface area contributed by atoms with E-state index in [9.17, 15) is 0 Å². The molecule has 0 heterocycles. The third-order valence-corrected chi connectivity index (χ3v) is 2.91. The first-order chi connectivity index (χ1) is 9.24. The van der Waals surface area contributed by atoms with Crippen LogP contribution in [-0.4, -0.2) is 0 Å². The normalized spacial score (nSPS) is 9.42. The molecule has 0 aliphatic heterocycles. The quantitative estimate of drug-likeness (QED) is 0.853. The van der Waals surface area contributed by atoms with Crippen LogP contribution < -0.4 is 4.74 Å². The van der Waals surface area contributed by atoms with Crippen LogP contribution in [0.25, 0.3) is 0 Å². The Hall–Kier alpha value is -2.49. The first-order valence-electron chi connectivity index (χ1n) is 5.55. The van der Waals surface area contributed by atoms with Crippen molar-refractivity contribution in [3.8, 4) is 17.9 Å².